The van der Waals surface area contributed by atoms with Gasteiger partial charge in [0.1, 0.15) is 11.6 Å². The van der Waals surface area contributed by atoms with Crippen molar-refractivity contribution in [2.45, 2.75) is 57.7 Å². The fourth-order valence-electron chi connectivity index (χ4n) is 6.21. The van der Waals surface area contributed by atoms with Gasteiger partial charge in [-0.25, -0.2) is 4.39 Å². The number of nitrogens with zero attached hydrogens (tertiary/aromatic N) is 4. The van der Waals surface area contributed by atoms with Crippen molar-refractivity contribution in [3.05, 3.63) is 66.2 Å². The molecule has 9 nitrogen and oxygen atoms in total. The number of ether oxygens (including phenoxy) is 1. The maximum absolute atomic E-state index is 14.9. The van der Waals surface area contributed by atoms with Gasteiger partial charge in [0.25, 0.3) is 5.91 Å². The molecule has 1 aromatic heterocycles. The zero-order valence-electron chi connectivity index (χ0n) is 25.0. The molecule has 1 aliphatic carbocycles. The summed E-state index contributed by atoms with van der Waals surface area (Å²) in [5.41, 5.74) is 2.75. The predicted molar refractivity (Wildman–Crippen MR) is 163 cm³/mol. The lowest BCUT2D eigenvalue weighted by molar-refractivity contribution is -0.146. The Morgan fingerprint density at radius 2 is 1.81 bits per heavy atom. The Kier molecular flexibility index (Phi) is 8.38. The number of hydrogen-bond acceptors (Lipinski definition) is 6. The quantitative estimate of drug-likeness (QED) is 0.389. The van der Waals surface area contributed by atoms with E-state index >= 15 is 0 Å². The molecule has 0 spiro atoms. The molecule has 3 fully saturated rings. The standard InChI is InChI=1S/C33H41FN6O3/c1-33(2,32(42)38-14-11-35-12-15-38)43-30-17-27(34)16-29(18-30)39-13-3-4-25(22-39)31(41)40(28-9-10-28)21-23-5-7-24(8-6-23)26-19-36-37-20-26/h5-8,16-20,25,28,35H,3-4,9-15,21-22H2,1-2H3,(H,36,37)/t25-/m0/s1. The summed E-state index contributed by atoms with van der Waals surface area (Å²) < 4.78 is 21.0. The summed E-state index contributed by atoms with van der Waals surface area (Å²) in [6.07, 6.45) is 7.37. The molecule has 2 aliphatic heterocycles. The number of aromatic amines is 1. The molecule has 3 heterocycles. The predicted octanol–water partition coefficient (Wildman–Crippen LogP) is 4.21. The van der Waals surface area contributed by atoms with Crippen molar-refractivity contribution in [1.82, 2.24) is 25.3 Å². The smallest absolute Gasteiger partial charge is 0.266 e. The van der Waals surface area contributed by atoms with Crippen LogP contribution in [0.25, 0.3) is 11.1 Å². The third-order valence-corrected chi connectivity index (χ3v) is 8.69. The van der Waals surface area contributed by atoms with Crippen molar-refractivity contribution in [3.63, 3.8) is 0 Å². The first-order chi connectivity index (χ1) is 20.8. The number of H-pyrrole nitrogens is 1. The Morgan fingerprint density at radius 3 is 2.51 bits per heavy atom. The molecule has 0 radical (unpaired) electrons. The van der Waals surface area contributed by atoms with Crippen LogP contribution in [0.5, 0.6) is 5.75 Å². The molecule has 2 saturated heterocycles. The molecule has 43 heavy (non-hydrogen) atoms. The van der Waals surface area contributed by atoms with Gasteiger partial charge in [-0.05, 0) is 56.7 Å². The van der Waals surface area contributed by atoms with Crippen molar-refractivity contribution in [2.75, 3.05) is 44.2 Å². The summed E-state index contributed by atoms with van der Waals surface area (Å²) in [4.78, 5) is 33.0. The van der Waals surface area contributed by atoms with Crippen molar-refractivity contribution < 1.29 is 18.7 Å². The van der Waals surface area contributed by atoms with E-state index in [1.807, 2.05) is 11.1 Å². The number of carbonyl (C=O) groups is 2. The van der Waals surface area contributed by atoms with Crippen LogP contribution in [0.4, 0.5) is 10.1 Å². The second-order valence-electron chi connectivity index (χ2n) is 12.5. The summed E-state index contributed by atoms with van der Waals surface area (Å²) in [5, 5.41) is 10.1. The SMILES string of the molecule is CC(C)(Oc1cc(F)cc(N2CCC[C@H](C(=O)N(Cc3ccc(-c4cn[nH]c4)cc3)C3CC3)C2)c1)C(=O)N1CCNCC1. The Labute approximate surface area is 252 Å². The molecule has 2 N–H and O–H groups in total. The Hall–Kier alpha value is -3.92. The molecule has 3 aliphatic rings. The van der Waals surface area contributed by atoms with Crippen LogP contribution in [0.2, 0.25) is 0 Å². The van der Waals surface area contributed by atoms with E-state index < -0.39 is 11.4 Å². The van der Waals surface area contributed by atoms with E-state index in [9.17, 15) is 14.0 Å². The molecule has 2 aromatic carbocycles. The van der Waals surface area contributed by atoms with E-state index in [-0.39, 0.29) is 23.8 Å². The average Bonchev–Trinajstić information content (AvgIpc) is 3.71. The van der Waals surface area contributed by atoms with Gasteiger partial charge in [-0.3, -0.25) is 14.7 Å². The van der Waals surface area contributed by atoms with Gasteiger partial charge in [0.2, 0.25) is 5.91 Å². The molecular formula is C33H41FN6O3. The Bertz CT molecular complexity index is 1420. The summed E-state index contributed by atoms with van der Waals surface area (Å²) in [6.45, 7) is 8.04. The van der Waals surface area contributed by atoms with E-state index in [0.717, 1.165) is 62.0 Å². The van der Waals surface area contributed by atoms with E-state index in [1.54, 1.807) is 31.0 Å². The highest BCUT2D eigenvalue weighted by Gasteiger charge is 2.38. The lowest BCUT2D eigenvalue weighted by Crippen LogP contribution is -2.54. The van der Waals surface area contributed by atoms with Crippen LogP contribution in [-0.2, 0) is 16.1 Å². The zero-order chi connectivity index (χ0) is 30.0. The third kappa shape index (κ3) is 6.85. The van der Waals surface area contributed by atoms with Crippen LogP contribution < -0.4 is 15.0 Å². The monoisotopic (exact) mass is 588 g/mol. The zero-order valence-corrected chi connectivity index (χ0v) is 25.0. The highest BCUT2D eigenvalue weighted by molar-refractivity contribution is 5.85. The number of amides is 2. The number of piperazine rings is 1. The molecule has 1 atom stereocenters. The molecule has 6 rings (SSSR count). The number of rotatable bonds is 9. The molecule has 0 bridgehead atoms. The van der Waals surface area contributed by atoms with Crippen molar-refractivity contribution in [1.29, 1.82) is 0 Å². The Morgan fingerprint density at radius 1 is 1.05 bits per heavy atom. The number of aromatic nitrogens is 2. The highest BCUT2D eigenvalue weighted by Crippen LogP contribution is 2.34. The highest BCUT2D eigenvalue weighted by atomic mass is 19.1. The lowest BCUT2D eigenvalue weighted by atomic mass is 9.95. The molecule has 2 amide bonds. The van der Waals surface area contributed by atoms with E-state index in [1.165, 1.54) is 12.1 Å². The molecule has 0 unspecified atom stereocenters. The number of piperidine rings is 1. The van der Waals surface area contributed by atoms with Crippen molar-refractivity contribution in [3.8, 4) is 16.9 Å². The average molecular weight is 589 g/mol. The molecule has 228 valence electrons. The van der Waals surface area contributed by atoms with Gasteiger partial charge in [0, 0.05) is 81.4 Å². The fraction of sp³-hybridized carbons (Fsp3) is 0.485. The topological polar surface area (TPSA) is 93.8 Å². The van der Waals surface area contributed by atoms with Gasteiger partial charge < -0.3 is 24.8 Å². The molecular weight excluding hydrogens is 547 g/mol. The van der Waals surface area contributed by atoms with Gasteiger partial charge in [-0.2, -0.15) is 5.10 Å². The molecule has 1 saturated carbocycles. The summed E-state index contributed by atoms with van der Waals surface area (Å²) in [6, 6.07) is 13.2. The fourth-order valence-corrected chi connectivity index (χ4v) is 6.21. The number of carbonyl (C=O) groups excluding carboxylic acids is 2. The number of halogens is 1. The van der Waals surface area contributed by atoms with Crippen LogP contribution in [-0.4, -0.2) is 82.7 Å². The minimum atomic E-state index is -1.13. The maximum atomic E-state index is 14.9. The van der Waals surface area contributed by atoms with Crippen molar-refractivity contribution in [2.24, 2.45) is 5.92 Å². The number of anilines is 1. The lowest BCUT2D eigenvalue weighted by Gasteiger charge is -2.37. The van der Waals surface area contributed by atoms with E-state index in [2.05, 4.69) is 44.7 Å². The minimum absolute atomic E-state index is 0.111. The van der Waals surface area contributed by atoms with Crippen LogP contribution in [0, 0.1) is 11.7 Å². The third-order valence-electron chi connectivity index (χ3n) is 8.69. The first-order valence-corrected chi connectivity index (χ1v) is 15.4. The van der Waals surface area contributed by atoms with Crippen molar-refractivity contribution >= 4 is 17.5 Å². The van der Waals surface area contributed by atoms with Gasteiger partial charge in [-0.1, -0.05) is 24.3 Å². The number of nitrogens with one attached hydrogen (secondary N) is 2. The van der Waals surface area contributed by atoms with Crippen LogP contribution >= 0.6 is 0 Å². The number of benzene rings is 2. The minimum Gasteiger partial charge on any atom is -0.478 e. The molecule has 3 aromatic rings. The number of hydrogen-bond donors (Lipinski definition) is 2. The second-order valence-corrected chi connectivity index (χ2v) is 12.5. The first kappa shape index (κ1) is 29.2. The van der Waals surface area contributed by atoms with Crippen LogP contribution in [0.15, 0.2) is 54.9 Å². The van der Waals surface area contributed by atoms with Gasteiger partial charge in [-0.15, -0.1) is 0 Å². The van der Waals surface area contributed by atoms with E-state index in [4.69, 9.17) is 4.74 Å². The second kappa shape index (κ2) is 12.4. The van der Waals surface area contributed by atoms with E-state index in [0.29, 0.717) is 37.6 Å². The van der Waals surface area contributed by atoms with Gasteiger partial charge >= 0.3 is 0 Å². The summed E-state index contributed by atoms with van der Waals surface area (Å²) in [7, 11) is 0. The van der Waals surface area contributed by atoms with Crippen LogP contribution in [0.1, 0.15) is 45.1 Å². The largest absolute Gasteiger partial charge is 0.478 e. The Balaban J connectivity index is 1.13. The summed E-state index contributed by atoms with van der Waals surface area (Å²) >= 11 is 0. The summed E-state index contributed by atoms with van der Waals surface area (Å²) in [5.74, 6) is -0.223. The normalized spacial score (nSPS) is 19.3. The first-order valence-electron chi connectivity index (χ1n) is 15.4. The van der Waals surface area contributed by atoms with Gasteiger partial charge in [0.15, 0.2) is 5.60 Å². The molecule has 10 heteroatoms. The van der Waals surface area contributed by atoms with Gasteiger partial charge in [0.05, 0.1) is 12.1 Å². The van der Waals surface area contributed by atoms with Crippen LogP contribution in [0.3, 0.4) is 0 Å². The maximum Gasteiger partial charge on any atom is 0.266 e.